The number of halogens is 3. The van der Waals surface area contributed by atoms with E-state index in [1.165, 1.54) is 19.9 Å². The van der Waals surface area contributed by atoms with E-state index in [0.29, 0.717) is 18.8 Å². The summed E-state index contributed by atoms with van der Waals surface area (Å²) in [6.07, 6.45) is -4.87. The minimum Gasteiger partial charge on any atom is -0.355 e. The summed E-state index contributed by atoms with van der Waals surface area (Å²) in [5.41, 5.74) is 0.466. The van der Waals surface area contributed by atoms with Crippen LogP contribution >= 0.6 is 0 Å². The lowest BCUT2D eigenvalue weighted by Gasteiger charge is -2.10. The smallest absolute Gasteiger partial charge is 0.355 e. The van der Waals surface area contributed by atoms with E-state index in [4.69, 9.17) is 0 Å². The van der Waals surface area contributed by atoms with Gasteiger partial charge < -0.3 is 9.88 Å². The molecule has 0 fully saturated rings. The number of aromatic nitrogens is 1. The van der Waals surface area contributed by atoms with Crippen LogP contribution in [0.3, 0.4) is 0 Å². The van der Waals surface area contributed by atoms with Crippen molar-refractivity contribution in [2.75, 3.05) is 6.54 Å². The molecule has 0 aliphatic heterocycles. The number of amides is 1. The highest BCUT2D eigenvalue weighted by Gasteiger charge is 2.40. The predicted molar refractivity (Wildman–Crippen MR) is 63.0 cm³/mol. The van der Waals surface area contributed by atoms with E-state index < -0.39 is 12.0 Å². The number of hydrogen-bond donors (Lipinski definition) is 1. The van der Waals surface area contributed by atoms with Gasteiger partial charge in [0.05, 0.1) is 0 Å². The van der Waals surface area contributed by atoms with Crippen LogP contribution in [0.4, 0.5) is 13.2 Å². The maximum atomic E-state index is 12.4. The van der Waals surface area contributed by atoms with Crippen molar-refractivity contribution in [1.29, 1.82) is 0 Å². The monoisotopic (exact) mass is 276 g/mol. The minimum atomic E-state index is -4.87. The number of rotatable bonds is 4. The molecule has 1 heterocycles. The number of carbonyl (C=O) groups excluding carboxylic acids is 2. The van der Waals surface area contributed by atoms with Crippen LogP contribution in [0.25, 0.3) is 0 Å². The molecule has 0 aliphatic carbocycles. The fourth-order valence-electron chi connectivity index (χ4n) is 1.87. The number of ketones is 1. The summed E-state index contributed by atoms with van der Waals surface area (Å²) in [6.45, 7) is 5.05. The van der Waals surface area contributed by atoms with Crippen LogP contribution in [0.5, 0.6) is 0 Å². The van der Waals surface area contributed by atoms with Crippen molar-refractivity contribution in [3.63, 3.8) is 0 Å². The van der Waals surface area contributed by atoms with Crippen LogP contribution in [0.1, 0.15) is 28.7 Å². The summed E-state index contributed by atoms with van der Waals surface area (Å²) in [5.74, 6) is -2.06. The molecule has 1 aromatic heterocycles. The average molecular weight is 276 g/mol. The topological polar surface area (TPSA) is 51.1 Å². The molecule has 0 unspecified atom stereocenters. The van der Waals surface area contributed by atoms with Crippen molar-refractivity contribution in [3.05, 3.63) is 23.0 Å². The van der Waals surface area contributed by atoms with Crippen LogP contribution in [0, 0.1) is 13.8 Å². The highest BCUT2D eigenvalue weighted by molar-refractivity contribution is 6.01. The summed E-state index contributed by atoms with van der Waals surface area (Å²) in [6, 6.07) is 1.22. The Kier molecular flexibility index (Phi) is 4.39. The van der Waals surface area contributed by atoms with E-state index in [-0.39, 0.29) is 17.2 Å². The SMILES string of the molecule is CC(=O)NCCn1c(C)cc(C(=O)C(F)(F)F)c1C. The molecule has 0 atom stereocenters. The van der Waals surface area contributed by atoms with Crippen LogP contribution in [0.2, 0.25) is 0 Å². The molecule has 0 aromatic carbocycles. The number of nitrogens with one attached hydrogen (secondary N) is 1. The first-order valence-electron chi connectivity index (χ1n) is 5.67. The van der Waals surface area contributed by atoms with Gasteiger partial charge in [-0.25, -0.2) is 0 Å². The molecule has 0 saturated carbocycles. The van der Waals surface area contributed by atoms with E-state index in [9.17, 15) is 22.8 Å². The Morgan fingerprint density at radius 2 is 1.89 bits per heavy atom. The van der Waals surface area contributed by atoms with Gasteiger partial charge >= 0.3 is 6.18 Å². The van der Waals surface area contributed by atoms with Gasteiger partial charge in [-0.15, -0.1) is 0 Å². The zero-order chi connectivity index (χ0) is 14.8. The fourth-order valence-corrected chi connectivity index (χ4v) is 1.87. The number of carbonyl (C=O) groups is 2. The van der Waals surface area contributed by atoms with E-state index in [1.54, 1.807) is 11.5 Å². The van der Waals surface area contributed by atoms with Gasteiger partial charge in [-0.05, 0) is 19.9 Å². The molecule has 7 heteroatoms. The Bertz CT molecular complexity index is 504. The standard InChI is InChI=1S/C12H15F3N2O2/c1-7-6-10(11(19)12(13,14)15)8(2)17(7)5-4-16-9(3)18/h6H,4-5H2,1-3H3,(H,16,18). The van der Waals surface area contributed by atoms with Crippen molar-refractivity contribution in [2.45, 2.75) is 33.5 Å². The van der Waals surface area contributed by atoms with Crippen LogP contribution in [0.15, 0.2) is 6.07 Å². The molecule has 0 radical (unpaired) electrons. The molecule has 4 nitrogen and oxygen atoms in total. The van der Waals surface area contributed by atoms with Gasteiger partial charge in [-0.1, -0.05) is 0 Å². The highest BCUT2D eigenvalue weighted by Crippen LogP contribution is 2.25. The van der Waals surface area contributed by atoms with Crippen LogP contribution in [-0.4, -0.2) is 29.0 Å². The Hall–Kier alpha value is -1.79. The molecular formula is C12H15F3N2O2. The molecule has 0 saturated heterocycles. The molecule has 1 amide bonds. The Balaban J connectivity index is 2.95. The maximum absolute atomic E-state index is 12.4. The van der Waals surface area contributed by atoms with Crippen molar-refractivity contribution >= 4 is 11.7 Å². The first-order valence-corrected chi connectivity index (χ1v) is 5.67. The van der Waals surface area contributed by atoms with Gasteiger partial charge in [0.2, 0.25) is 5.91 Å². The van der Waals surface area contributed by atoms with Crippen LogP contribution in [-0.2, 0) is 11.3 Å². The van der Waals surface area contributed by atoms with Crippen molar-refractivity contribution < 1.29 is 22.8 Å². The Labute approximate surface area is 108 Å². The third-order valence-corrected chi connectivity index (χ3v) is 2.79. The van der Waals surface area contributed by atoms with Gasteiger partial charge in [-0.2, -0.15) is 13.2 Å². The van der Waals surface area contributed by atoms with Gasteiger partial charge in [-0.3, -0.25) is 9.59 Å². The molecule has 0 bridgehead atoms. The molecular weight excluding hydrogens is 261 g/mol. The molecule has 1 N–H and O–H groups in total. The van der Waals surface area contributed by atoms with E-state index in [0.717, 1.165) is 0 Å². The van der Waals surface area contributed by atoms with Gasteiger partial charge in [0.15, 0.2) is 0 Å². The highest BCUT2D eigenvalue weighted by atomic mass is 19.4. The number of Topliss-reactive ketones (excluding diaryl/α,β-unsaturated/α-hetero) is 1. The van der Waals surface area contributed by atoms with E-state index in [2.05, 4.69) is 5.32 Å². The van der Waals surface area contributed by atoms with Crippen molar-refractivity contribution in [1.82, 2.24) is 9.88 Å². The van der Waals surface area contributed by atoms with Crippen molar-refractivity contribution in [3.8, 4) is 0 Å². The van der Waals surface area contributed by atoms with E-state index in [1.807, 2.05) is 0 Å². The summed E-state index contributed by atoms with van der Waals surface area (Å²) in [4.78, 5) is 22.0. The molecule has 1 rings (SSSR count). The third kappa shape index (κ3) is 3.59. The summed E-state index contributed by atoms with van der Waals surface area (Å²) in [5, 5.41) is 2.55. The number of nitrogens with zero attached hydrogens (tertiary/aromatic N) is 1. The molecule has 19 heavy (non-hydrogen) atoms. The summed E-state index contributed by atoms with van der Waals surface area (Å²) >= 11 is 0. The zero-order valence-corrected chi connectivity index (χ0v) is 10.9. The van der Waals surface area contributed by atoms with Gasteiger partial charge in [0.25, 0.3) is 5.78 Å². The van der Waals surface area contributed by atoms with E-state index >= 15 is 0 Å². The molecule has 0 spiro atoms. The molecule has 106 valence electrons. The summed E-state index contributed by atoms with van der Waals surface area (Å²) < 4.78 is 38.8. The second-order valence-electron chi connectivity index (χ2n) is 4.25. The molecule has 0 aliphatic rings. The van der Waals surface area contributed by atoms with Crippen LogP contribution < -0.4 is 5.32 Å². The van der Waals surface area contributed by atoms with Gasteiger partial charge in [0, 0.05) is 37.0 Å². The number of alkyl halides is 3. The fraction of sp³-hybridized carbons (Fsp3) is 0.500. The zero-order valence-electron chi connectivity index (χ0n) is 10.9. The normalized spacial score (nSPS) is 11.5. The Morgan fingerprint density at radius 1 is 1.32 bits per heavy atom. The minimum absolute atomic E-state index is 0.214. The molecule has 1 aromatic rings. The lowest BCUT2D eigenvalue weighted by atomic mass is 10.1. The van der Waals surface area contributed by atoms with Gasteiger partial charge in [0.1, 0.15) is 0 Å². The number of hydrogen-bond acceptors (Lipinski definition) is 2. The Morgan fingerprint density at radius 3 is 2.37 bits per heavy atom. The lowest BCUT2D eigenvalue weighted by molar-refractivity contribution is -0.119. The average Bonchev–Trinajstić information content (AvgIpc) is 2.53. The number of aryl methyl sites for hydroxylation is 1. The third-order valence-electron chi connectivity index (χ3n) is 2.79. The van der Waals surface area contributed by atoms with Crippen molar-refractivity contribution in [2.24, 2.45) is 0 Å². The first kappa shape index (κ1) is 15.3. The quantitative estimate of drug-likeness (QED) is 0.855. The lowest BCUT2D eigenvalue weighted by Crippen LogP contribution is -2.26. The summed E-state index contributed by atoms with van der Waals surface area (Å²) in [7, 11) is 0. The predicted octanol–water partition coefficient (Wildman–Crippen LogP) is 1.99. The first-order chi connectivity index (χ1) is 8.64. The maximum Gasteiger partial charge on any atom is 0.454 e. The largest absolute Gasteiger partial charge is 0.454 e. The second-order valence-corrected chi connectivity index (χ2v) is 4.25. The second kappa shape index (κ2) is 5.46.